The Hall–Kier alpha value is -2.15. The highest BCUT2D eigenvalue weighted by atomic mass is 16.5. The zero-order chi connectivity index (χ0) is 14.2. The van der Waals surface area contributed by atoms with E-state index in [1.807, 2.05) is 30.3 Å². The monoisotopic (exact) mass is 266 g/mol. The average molecular weight is 266 g/mol. The third-order valence-electron chi connectivity index (χ3n) is 3.02. The van der Waals surface area contributed by atoms with E-state index in [-0.39, 0.29) is 6.04 Å². The summed E-state index contributed by atoms with van der Waals surface area (Å²) in [4.78, 5) is 0. The van der Waals surface area contributed by atoms with E-state index >= 15 is 0 Å². The van der Waals surface area contributed by atoms with E-state index < -0.39 is 0 Å². The van der Waals surface area contributed by atoms with Crippen molar-refractivity contribution in [2.24, 2.45) is 5.73 Å². The van der Waals surface area contributed by atoms with Crippen molar-refractivity contribution in [3.63, 3.8) is 0 Å². The molecule has 0 aromatic heterocycles. The van der Waals surface area contributed by atoms with Crippen LogP contribution in [0.2, 0.25) is 0 Å². The van der Waals surface area contributed by atoms with Crippen LogP contribution in [0.15, 0.2) is 54.6 Å². The molecule has 0 radical (unpaired) electrons. The van der Waals surface area contributed by atoms with E-state index in [4.69, 9.17) is 15.7 Å². The van der Waals surface area contributed by atoms with Crippen molar-refractivity contribution in [2.75, 3.05) is 6.61 Å². The SMILES string of the molecule is N#Cc1ccc(COC[C@H](N)Cc2ccccc2)cc1. The van der Waals surface area contributed by atoms with Crippen molar-refractivity contribution < 1.29 is 4.74 Å². The fraction of sp³-hybridized carbons (Fsp3) is 0.235. The van der Waals surface area contributed by atoms with E-state index in [0.29, 0.717) is 18.8 Å². The molecule has 0 aliphatic rings. The second-order valence-corrected chi connectivity index (χ2v) is 4.77. The molecule has 102 valence electrons. The number of hydrogen-bond donors (Lipinski definition) is 1. The normalized spacial score (nSPS) is 11.8. The molecule has 3 nitrogen and oxygen atoms in total. The highest BCUT2D eigenvalue weighted by Gasteiger charge is 2.04. The minimum Gasteiger partial charge on any atom is -0.375 e. The molecule has 0 saturated heterocycles. The van der Waals surface area contributed by atoms with Gasteiger partial charge in [-0.05, 0) is 29.7 Å². The van der Waals surface area contributed by atoms with Crippen LogP contribution in [0.5, 0.6) is 0 Å². The second-order valence-electron chi connectivity index (χ2n) is 4.77. The van der Waals surface area contributed by atoms with Gasteiger partial charge < -0.3 is 10.5 Å². The van der Waals surface area contributed by atoms with Gasteiger partial charge in [-0.2, -0.15) is 5.26 Å². The van der Waals surface area contributed by atoms with Crippen molar-refractivity contribution >= 4 is 0 Å². The van der Waals surface area contributed by atoms with Gasteiger partial charge in [0.25, 0.3) is 0 Å². The van der Waals surface area contributed by atoms with Gasteiger partial charge in [0.1, 0.15) is 0 Å². The van der Waals surface area contributed by atoms with E-state index in [1.54, 1.807) is 12.1 Å². The van der Waals surface area contributed by atoms with Crippen molar-refractivity contribution in [3.05, 3.63) is 71.3 Å². The van der Waals surface area contributed by atoms with Crippen LogP contribution >= 0.6 is 0 Å². The molecule has 0 fully saturated rings. The fourth-order valence-electron chi connectivity index (χ4n) is 1.98. The first-order valence-corrected chi connectivity index (χ1v) is 6.64. The molecule has 0 heterocycles. The summed E-state index contributed by atoms with van der Waals surface area (Å²) >= 11 is 0. The zero-order valence-electron chi connectivity index (χ0n) is 11.3. The van der Waals surface area contributed by atoms with Crippen molar-refractivity contribution in [3.8, 4) is 6.07 Å². The summed E-state index contributed by atoms with van der Waals surface area (Å²) in [6.07, 6.45) is 0.814. The molecule has 0 saturated carbocycles. The third kappa shape index (κ3) is 4.51. The van der Waals surface area contributed by atoms with Crippen LogP contribution < -0.4 is 5.73 Å². The van der Waals surface area contributed by atoms with Gasteiger partial charge in [0.05, 0.1) is 24.8 Å². The number of nitrogens with zero attached hydrogens (tertiary/aromatic N) is 1. The van der Waals surface area contributed by atoms with Crippen LogP contribution in [0, 0.1) is 11.3 Å². The summed E-state index contributed by atoms with van der Waals surface area (Å²) in [5, 5.41) is 8.72. The van der Waals surface area contributed by atoms with Gasteiger partial charge in [-0.1, -0.05) is 42.5 Å². The first-order chi connectivity index (χ1) is 9.78. The summed E-state index contributed by atoms with van der Waals surface area (Å²) in [6.45, 7) is 1.04. The maximum absolute atomic E-state index is 8.72. The van der Waals surface area contributed by atoms with Crippen LogP contribution in [-0.2, 0) is 17.8 Å². The molecule has 2 rings (SSSR count). The van der Waals surface area contributed by atoms with Crippen LogP contribution in [-0.4, -0.2) is 12.6 Å². The number of rotatable bonds is 6. The van der Waals surface area contributed by atoms with Crippen molar-refractivity contribution in [1.29, 1.82) is 5.26 Å². The lowest BCUT2D eigenvalue weighted by atomic mass is 10.1. The zero-order valence-corrected chi connectivity index (χ0v) is 11.3. The first-order valence-electron chi connectivity index (χ1n) is 6.64. The predicted molar refractivity (Wildman–Crippen MR) is 78.9 cm³/mol. The Morgan fingerprint density at radius 1 is 1.00 bits per heavy atom. The number of ether oxygens (including phenoxy) is 1. The summed E-state index contributed by atoms with van der Waals surface area (Å²) in [7, 11) is 0. The van der Waals surface area contributed by atoms with Gasteiger partial charge >= 0.3 is 0 Å². The molecule has 1 atom stereocenters. The number of benzene rings is 2. The van der Waals surface area contributed by atoms with Gasteiger partial charge in [-0.3, -0.25) is 0 Å². The Morgan fingerprint density at radius 3 is 2.35 bits per heavy atom. The average Bonchev–Trinajstić information content (AvgIpc) is 2.49. The van der Waals surface area contributed by atoms with Crippen LogP contribution in [0.4, 0.5) is 0 Å². The quantitative estimate of drug-likeness (QED) is 0.874. The highest BCUT2D eigenvalue weighted by Crippen LogP contribution is 2.06. The number of nitriles is 1. The molecule has 0 bridgehead atoms. The maximum Gasteiger partial charge on any atom is 0.0991 e. The van der Waals surface area contributed by atoms with Crippen LogP contribution in [0.25, 0.3) is 0 Å². The third-order valence-corrected chi connectivity index (χ3v) is 3.02. The van der Waals surface area contributed by atoms with Crippen LogP contribution in [0.1, 0.15) is 16.7 Å². The van der Waals surface area contributed by atoms with Gasteiger partial charge in [0.2, 0.25) is 0 Å². The topological polar surface area (TPSA) is 59.0 Å². The molecule has 0 amide bonds. The number of nitrogens with two attached hydrogens (primary N) is 1. The van der Waals surface area contributed by atoms with Crippen LogP contribution in [0.3, 0.4) is 0 Å². The molecule has 0 unspecified atom stereocenters. The molecular formula is C17H18N2O. The lowest BCUT2D eigenvalue weighted by Gasteiger charge is -2.12. The minimum absolute atomic E-state index is 0.00391. The molecular weight excluding hydrogens is 248 g/mol. The van der Waals surface area contributed by atoms with E-state index in [1.165, 1.54) is 5.56 Å². The number of hydrogen-bond acceptors (Lipinski definition) is 3. The second kappa shape index (κ2) is 7.44. The van der Waals surface area contributed by atoms with E-state index in [9.17, 15) is 0 Å². The minimum atomic E-state index is -0.00391. The first kappa shape index (κ1) is 14.3. The van der Waals surface area contributed by atoms with Gasteiger partial charge in [-0.25, -0.2) is 0 Å². The van der Waals surface area contributed by atoms with Crippen molar-refractivity contribution in [2.45, 2.75) is 19.1 Å². The van der Waals surface area contributed by atoms with Gasteiger partial charge in [-0.15, -0.1) is 0 Å². The molecule has 0 spiro atoms. The molecule has 0 aliphatic carbocycles. The Kier molecular flexibility index (Phi) is 5.31. The largest absolute Gasteiger partial charge is 0.375 e. The predicted octanol–water partition coefficient (Wildman–Crippen LogP) is 2.64. The lowest BCUT2D eigenvalue weighted by Crippen LogP contribution is -2.28. The molecule has 0 aliphatic heterocycles. The Morgan fingerprint density at radius 2 is 1.70 bits per heavy atom. The molecule has 20 heavy (non-hydrogen) atoms. The Balaban J connectivity index is 1.73. The van der Waals surface area contributed by atoms with Gasteiger partial charge in [0, 0.05) is 6.04 Å². The molecule has 2 aromatic carbocycles. The molecule has 2 N–H and O–H groups in total. The molecule has 3 heteroatoms. The van der Waals surface area contributed by atoms with Crippen molar-refractivity contribution in [1.82, 2.24) is 0 Å². The highest BCUT2D eigenvalue weighted by molar-refractivity contribution is 5.31. The fourth-order valence-corrected chi connectivity index (χ4v) is 1.98. The van der Waals surface area contributed by atoms with Gasteiger partial charge in [0.15, 0.2) is 0 Å². The Bertz CT molecular complexity index is 558. The lowest BCUT2D eigenvalue weighted by molar-refractivity contribution is 0.108. The Labute approximate surface area is 119 Å². The standard InChI is InChI=1S/C17H18N2O/c18-11-15-6-8-16(9-7-15)12-20-13-17(19)10-14-4-2-1-3-5-14/h1-9,17H,10,12-13,19H2/t17-/m1/s1. The summed E-state index contributed by atoms with van der Waals surface area (Å²) in [6, 6.07) is 19.7. The smallest absolute Gasteiger partial charge is 0.0991 e. The molecule has 2 aromatic rings. The maximum atomic E-state index is 8.72. The van der Waals surface area contributed by atoms with E-state index in [0.717, 1.165) is 12.0 Å². The van der Waals surface area contributed by atoms with E-state index in [2.05, 4.69) is 18.2 Å². The summed E-state index contributed by atoms with van der Waals surface area (Å²) in [5.74, 6) is 0. The summed E-state index contributed by atoms with van der Waals surface area (Å²) < 4.78 is 5.62. The summed E-state index contributed by atoms with van der Waals surface area (Å²) in [5.41, 5.74) is 8.98.